The molecule has 3 heteroatoms. The van der Waals surface area contributed by atoms with E-state index in [1.165, 1.54) is 6.07 Å². The molecule has 1 rings (SSSR count). The smallest absolute Gasteiger partial charge is 0.126 e. The first-order valence-corrected chi connectivity index (χ1v) is 5.73. The lowest BCUT2D eigenvalue weighted by atomic mass is 10.1. The topological polar surface area (TPSA) is 21.3 Å². The van der Waals surface area contributed by atoms with Crippen molar-refractivity contribution >= 4 is 0 Å². The van der Waals surface area contributed by atoms with Crippen LogP contribution in [0, 0.1) is 5.82 Å². The summed E-state index contributed by atoms with van der Waals surface area (Å²) in [4.78, 5) is 0. The van der Waals surface area contributed by atoms with Crippen molar-refractivity contribution in [2.75, 3.05) is 20.3 Å². The Labute approximate surface area is 96.8 Å². The van der Waals surface area contributed by atoms with Crippen LogP contribution in [0.2, 0.25) is 0 Å². The Morgan fingerprint density at radius 3 is 2.75 bits per heavy atom. The maximum atomic E-state index is 13.4. The van der Waals surface area contributed by atoms with Gasteiger partial charge in [0.05, 0.1) is 6.61 Å². The maximum Gasteiger partial charge on any atom is 0.126 e. The maximum absolute atomic E-state index is 13.4. The lowest BCUT2D eigenvalue weighted by molar-refractivity contribution is 0.165. The van der Waals surface area contributed by atoms with Gasteiger partial charge in [0.1, 0.15) is 5.82 Å². The van der Waals surface area contributed by atoms with E-state index in [2.05, 4.69) is 12.2 Å². The van der Waals surface area contributed by atoms with Crippen molar-refractivity contribution in [3.8, 4) is 0 Å². The number of halogens is 1. The number of hydrogen-bond acceptors (Lipinski definition) is 2. The van der Waals surface area contributed by atoms with E-state index in [1.807, 2.05) is 12.1 Å². The Balaban J connectivity index is 2.56. The average Bonchev–Trinajstić information content (AvgIpc) is 2.29. The zero-order chi connectivity index (χ0) is 11.8. The molecule has 1 N–H and O–H groups in total. The van der Waals surface area contributed by atoms with Gasteiger partial charge in [-0.05, 0) is 31.0 Å². The summed E-state index contributed by atoms with van der Waals surface area (Å²) in [7, 11) is 1.67. The molecule has 0 spiro atoms. The third kappa shape index (κ3) is 4.29. The van der Waals surface area contributed by atoms with Crippen LogP contribution in [0.1, 0.15) is 18.9 Å². The molecule has 16 heavy (non-hydrogen) atoms. The van der Waals surface area contributed by atoms with Crippen molar-refractivity contribution in [1.82, 2.24) is 5.32 Å². The number of benzene rings is 1. The molecule has 1 aromatic carbocycles. The van der Waals surface area contributed by atoms with Gasteiger partial charge in [0, 0.05) is 13.2 Å². The molecule has 0 aliphatic heterocycles. The van der Waals surface area contributed by atoms with Crippen molar-refractivity contribution in [2.45, 2.75) is 25.8 Å². The van der Waals surface area contributed by atoms with Gasteiger partial charge in [-0.3, -0.25) is 0 Å². The lowest BCUT2D eigenvalue weighted by Crippen LogP contribution is -2.35. The third-order valence-corrected chi connectivity index (χ3v) is 2.48. The fraction of sp³-hybridized carbons (Fsp3) is 0.538. The van der Waals surface area contributed by atoms with E-state index in [4.69, 9.17) is 4.74 Å². The van der Waals surface area contributed by atoms with Crippen LogP contribution in [0.5, 0.6) is 0 Å². The van der Waals surface area contributed by atoms with Gasteiger partial charge in [0.15, 0.2) is 0 Å². The zero-order valence-corrected chi connectivity index (χ0v) is 10.0. The third-order valence-electron chi connectivity index (χ3n) is 2.48. The summed E-state index contributed by atoms with van der Waals surface area (Å²) in [6.07, 6.45) is 1.73. The molecule has 0 fully saturated rings. The van der Waals surface area contributed by atoms with Crippen LogP contribution in [-0.2, 0) is 11.2 Å². The molecule has 2 nitrogen and oxygen atoms in total. The summed E-state index contributed by atoms with van der Waals surface area (Å²) >= 11 is 0. The fourth-order valence-electron chi connectivity index (χ4n) is 1.67. The van der Waals surface area contributed by atoms with Gasteiger partial charge in [0.2, 0.25) is 0 Å². The quantitative estimate of drug-likeness (QED) is 0.769. The van der Waals surface area contributed by atoms with E-state index in [0.717, 1.165) is 18.5 Å². The highest BCUT2D eigenvalue weighted by Gasteiger charge is 2.10. The summed E-state index contributed by atoms with van der Waals surface area (Å²) in [5, 5.41) is 3.35. The van der Waals surface area contributed by atoms with Crippen LogP contribution in [0.4, 0.5) is 4.39 Å². The van der Waals surface area contributed by atoms with Crippen LogP contribution >= 0.6 is 0 Å². The number of ether oxygens (including phenoxy) is 1. The minimum absolute atomic E-state index is 0.137. The lowest BCUT2D eigenvalue weighted by Gasteiger charge is -2.17. The molecular formula is C13H20FNO. The summed E-state index contributed by atoms with van der Waals surface area (Å²) < 4.78 is 18.6. The standard InChI is InChI=1S/C13H20FNO/c1-3-8-15-12(10-16-2)9-11-6-4-5-7-13(11)14/h4-7,12,15H,3,8-10H2,1-2H3. The van der Waals surface area contributed by atoms with Crippen molar-refractivity contribution in [3.05, 3.63) is 35.6 Å². The number of nitrogens with one attached hydrogen (secondary N) is 1. The first-order chi connectivity index (χ1) is 7.77. The predicted octanol–water partition coefficient (Wildman–Crippen LogP) is 2.38. The first kappa shape index (κ1) is 13.1. The molecule has 0 amide bonds. The molecule has 1 aromatic rings. The average molecular weight is 225 g/mol. The van der Waals surface area contributed by atoms with Crippen LogP contribution < -0.4 is 5.32 Å². The molecule has 90 valence electrons. The number of hydrogen-bond donors (Lipinski definition) is 1. The van der Waals surface area contributed by atoms with Crippen LogP contribution in [-0.4, -0.2) is 26.3 Å². The van der Waals surface area contributed by atoms with E-state index in [0.29, 0.717) is 13.0 Å². The molecule has 0 saturated heterocycles. The van der Waals surface area contributed by atoms with Gasteiger partial charge in [-0.25, -0.2) is 4.39 Å². The molecule has 0 saturated carbocycles. The molecule has 0 aliphatic carbocycles. The van der Waals surface area contributed by atoms with Crippen molar-refractivity contribution < 1.29 is 9.13 Å². The van der Waals surface area contributed by atoms with E-state index in [1.54, 1.807) is 13.2 Å². The van der Waals surface area contributed by atoms with Gasteiger partial charge in [-0.15, -0.1) is 0 Å². The molecule has 0 heterocycles. The van der Waals surface area contributed by atoms with Crippen LogP contribution in [0.25, 0.3) is 0 Å². The fourth-order valence-corrected chi connectivity index (χ4v) is 1.67. The summed E-state index contributed by atoms with van der Waals surface area (Å²) in [6.45, 7) is 3.65. The summed E-state index contributed by atoms with van der Waals surface area (Å²) in [6, 6.07) is 7.08. The number of rotatable bonds is 7. The van der Waals surface area contributed by atoms with Crippen molar-refractivity contribution in [1.29, 1.82) is 0 Å². The molecule has 0 radical (unpaired) electrons. The van der Waals surface area contributed by atoms with Gasteiger partial charge >= 0.3 is 0 Å². The highest BCUT2D eigenvalue weighted by atomic mass is 19.1. The molecule has 1 atom stereocenters. The van der Waals surface area contributed by atoms with Gasteiger partial charge < -0.3 is 10.1 Å². The van der Waals surface area contributed by atoms with Gasteiger partial charge in [-0.1, -0.05) is 25.1 Å². The second kappa shape index (κ2) is 7.36. The van der Waals surface area contributed by atoms with Crippen LogP contribution in [0.15, 0.2) is 24.3 Å². The zero-order valence-electron chi connectivity index (χ0n) is 10.0. The first-order valence-electron chi connectivity index (χ1n) is 5.73. The van der Waals surface area contributed by atoms with Crippen LogP contribution in [0.3, 0.4) is 0 Å². The summed E-state index contributed by atoms with van der Waals surface area (Å²) in [5.41, 5.74) is 0.744. The van der Waals surface area contributed by atoms with E-state index < -0.39 is 0 Å². The predicted molar refractivity (Wildman–Crippen MR) is 64.1 cm³/mol. The highest BCUT2D eigenvalue weighted by molar-refractivity contribution is 5.18. The molecular weight excluding hydrogens is 205 g/mol. The Hall–Kier alpha value is -0.930. The minimum Gasteiger partial charge on any atom is -0.383 e. The van der Waals surface area contributed by atoms with E-state index in [9.17, 15) is 4.39 Å². The Morgan fingerprint density at radius 1 is 1.38 bits per heavy atom. The number of methoxy groups -OCH3 is 1. The molecule has 1 unspecified atom stereocenters. The SMILES string of the molecule is CCCNC(COC)Cc1ccccc1F. The molecule has 0 aliphatic rings. The van der Waals surface area contributed by atoms with Crippen molar-refractivity contribution in [2.24, 2.45) is 0 Å². The second-order valence-corrected chi connectivity index (χ2v) is 3.90. The van der Waals surface area contributed by atoms with E-state index >= 15 is 0 Å². The Morgan fingerprint density at radius 2 is 2.12 bits per heavy atom. The minimum atomic E-state index is -0.137. The highest BCUT2D eigenvalue weighted by Crippen LogP contribution is 2.09. The van der Waals surface area contributed by atoms with Crippen molar-refractivity contribution in [3.63, 3.8) is 0 Å². The monoisotopic (exact) mass is 225 g/mol. The van der Waals surface area contributed by atoms with E-state index in [-0.39, 0.29) is 11.9 Å². The molecule has 0 aromatic heterocycles. The normalized spacial score (nSPS) is 12.7. The summed E-state index contributed by atoms with van der Waals surface area (Å²) in [5.74, 6) is -0.137. The Kier molecular flexibility index (Phi) is 6.04. The van der Waals surface area contributed by atoms with Gasteiger partial charge in [-0.2, -0.15) is 0 Å². The largest absolute Gasteiger partial charge is 0.383 e. The second-order valence-electron chi connectivity index (χ2n) is 3.90. The molecule has 0 bridgehead atoms. The van der Waals surface area contributed by atoms with Gasteiger partial charge in [0.25, 0.3) is 0 Å². The Bertz CT molecular complexity index is 304.